The summed E-state index contributed by atoms with van der Waals surface area (Å²) >= 11 is 0. The van der Waals surface area contributed by atoms with Gasteiger partial charge >= 0.3 is 0 Å². The number of carbonyl (C=O) groups excluding carboxylic acids is 1. The Morgan fingerprint density at radius 1 is 1.00 bits per heavy atom. The fourth-order valence-electron chi connectivity index (χ4n) is 3.07. The molecule has 0 fully saturated rings. The quantitative estimate of drug-likeness (QED) is 0.688. The average Bonchev–Trinajstić information content (AvgIpc) is 2.67. The standard InChI is InChI=1S/C23H32N2O2/c1-18(2)25(17-21-8-6-5-7-9-21)16-19(3)24-23(26)15-12-20-10-13-22(27-4)14-11-20/h5-11,13-14,18-19H,12,15-17H2,1-4H3,(H,24,26). The van der Waals surface area contributed by atoms with Crippen molar-refractivity contribution in [1.82, 2.24) is 10.2 Å². The molecule has 0 aromatic heterocycles. The first-order chi connectivity index (χ1) is 13.0. The Kier molecular flexibility index (Phi) is 8.34. The molecular weight excluding hydrogens is 336 g/mol. The van der Waals surface area contributed by atoms with Crippen LogP contribution in [0.4, 0.5) is 0 Å². The summed E-state index contributed by atoms with van der Waals surface area (Å²) in [5.74, 6) is 0.936. The van der Waals surface area contributed by atoms with Crippen molar-refractivity contribution in [2.24, 2.45) is 0 Å². The summed E-state index contributed by atoms with van der Waals surface area (Å²) in [4.78, 5) is 14.7. The lowest BCUT2D eigenvalue weighted by Gasteiger charge is -2.29. The predicted molar refractivity (Wildman–Crippen MR) is 111 cm³/mol. The minimum atomic E-state index is 0.0988. The van der Waals surface area contributed by atoms with E-state index in [1.54, 1.807) is 7.11 Å². The zero-order valence-electron chi connectivity index (χ0n) is 16.9. The molecule has 0 saturated carbocycles. The Bertz CT molecular complexity index is 683. The number of hydrogen-bond donors (Lipinski definition) is 1. The third-order valence-corrected chi connectivity index (χ3v) is 4.67. The molecule has 1 atom stereocenters. The number of benzene rings is 2. The first-order valence-corrected chi connectivity index (χ1v) is 9.68. The number of carbonyl (C=O) groups is 1. The van der Waals surface area contributed by atoms with E-state index in [2.05, 4.69) is 55.3 Å². The van der Waals surface area contributed by atoms with E-state index in [-0.39, 0.29) is 11.9 Å². The highest BCUT2D eigenvalue weighted by Crippen LogP contribution is 2.13. The molecule has 0 radical (unpaired) electrons. The Balaban J connectivity index is 1.79. The van der Waals surface area contributed by atoms with Crippen LogP contribution in [0.3, 0.4) is 0 Å². The van der Waals surface area contributed by atoms with Gasteiger partial charge in [0, 0.05) is 31.6 Å². The number of hydrogen-bond acceptors (Lipinski definition) is 3. The van der Waals surface area contributed by atoms with E-state index >= 15 is 0 Å². The van der Waals surface area contributed by atoms with Crippen LogP contribution in [-0.4, -0.2) is 36.5 Å². The molecule has 4 heteroatoms. The van der Waals surface area contributed by atoms with Crippen LogP contribution in [0.15, 0.2) is 54.6 Å². The molecule has 2 rings (SSSR count). The summed E-state index contributed by atoms with van der Waals surface area (Å²) in [6.45, 7) is 8.19. The molecule has 0 aliphatic heterocycles. The molecule has 0 bridgehead atoms. The van der Waals surface area contributed by atoms with E-state index in [0.717, 1.165) is 30.8 Å². The van der Waals surface area contributed by atoms with Gasteiger partial charge in [0.15, 0.2) is 0 Å². The van der Waals surface area contributed by atoms with Crippen LogP contribution in [0.1, 0.15) is 38.3 Å². The first-order valence-electron chi connectivity index (χ1n) is 9.68. The van der Waals surface area contributed by atoms with Crippen LogP contribution in [0.25, 0.3) is 0 Å². The van der Waals surface area contributed by atoms with Gasteiger partial charge in [-0.3, -0.25) is 9.69 Å². The normalized spacial score (nSPS) is 12.2. The third-order valence-electron chi connectivity index (χ3n) is 4.67. The van der Waals surface area contributed by atoms with Crippen LogP contribution >= 0.6 is 0 Å². The molecule has 1 N–H and O–H groups in total. The SMILES string of the molecule is COc1ccc(CCC(=O)NC(C)CN(Cc2ccccc2)C(C)C)cc1. The molecule has 4 nitrogen and oxygen atoms in total. The van der Waals surface area contributed by atoms with Crippen LogP contribution in [0.2, 0.25) is 0 Å². The molecule has 27 heavy (non-hydrogen) atoms. The van der Waals surface area contributed by atoms with Gasteiger partial charge in [-0.25, -0.2) is 0 Å². The van der Waals surface area contributed by atoms with Crippen molar-refractivity contribution in [3.63, 3.8) is 0 Å². The molecule has 0 heterocycles. The number of amides is 1. The maximum Gasteiger partial charge on any atom is 0.220 e. The highest BCUT2D eigenvalue weighted by Gasteiger charge is 2.15. The van der Waals surface area contributed by atoms with Crippen LogP contribution in [0, 0.1) is 0 Å². The largest absolute Gasteiger partial charge is 0.497 e. The minimum absolute atomic E-state index is 0.0988. The van der Waals surface area contributed by atoms with Crippen LogP contribution in [0.5, 0.6) is 5.75 Å². The molecule has 0 aliphatic carbocycles. The van der Waals surface area contributed by atoms with Crippen molar-refractivity contribution in [2.75, 3.05) is 13.7 Å². The molecular formula is C23H32N2O2. The Morgan fingerprint density at radius 3 is 2.26 bits per heavy atom. The van der Waals surface area contributed by atoms with Gasteiger partial charge in [-0.05, 0) is 50.5 Å². The highest BCUT2D eigenvalue weighted by molar-refractivity contribution is 5.76. The number of aryl methyl sites for hydroxylation is 1. The maximum absolute atomic E-state index is 12.3. The number of methoxy groups -OCH3 is 1. The summed E-state index contributed by atoms with van der Waals surface area (Å²) in [7, 11) is 1.65. The van der Waals surface area contributed by atoms with Crippen molar-refractivity contribution in [3.8, 4) is 5.75 Å². The van der Waals surface area contributed by atoms with Gasteiger partial charge < -0.3 is 10.1 Å². The van der Waals surface area contributed by atoms with Gasteiger partial charge in [-0.2, -0.15) is 0 Å². The van der Waals surface area contributed by atoms with Gasteiger partial charge in [0.05, 0.1) is 7.11 Å². The number of rotatable bonds is 10. The molecule has 2 aromatic carbocycles. The summed E-state index contributed by atoms with van der Waals surface area (Å²) < 4.78 is 5.16. The zero-order chi connectivity index (χ0) is 19.6. The Morgan fingerprint density at radius 2 is 1.67 bits per heavy atom. The molecule has 0 aliphatic rings. The third kappa shape index (κ3) is 7.43. The monoisotopic (exact) mass is 368 g/mol. The van der Waals surface area contributed by atoms with Crippen molar-refractivity contribution in [2.45, 2.75) is 52.2 Å². The zero-order valence-corrected chi connectivity index (χ0v) is 16.9. The van der Waals surface area contributed by atoms with Crippen molar-refractivity contribution in [3.05, 3.63) is 65.7 Å². The number of nitrogens with one attached hydrogen (secondary N) is 1. The van der Waals surface area contributed by atoms with E-state index in [4.69, 9.17) is 4.74 Å². The fourth-order valence-corrected chi connectivity index (χ4v) is 3.07. The van der Waals surface area contributed by atoms with Gasteiger partial charge in [0.1, 0.15) is 5.75 Å². The van der Waals surface area contributed by atoms with Crippen molar-refractivity contribution in [1.29, 1.82) is 0 Å². The van der Waals surface area contributed by atoms with Gasteiger partial charge in [0.2, 0.25) is 5.91 Å². The molecule has 146 valence electrons. The lowest BCUT2D eigenvalue weighted by Crippen LogP contribution is -2.44. The lowest BCUT2D eigenvalue weighted by atomic mass is 10.1. The maximum atomic E-state index is 12.3. The Labute approximate surface area is 163 Å². The molecule has 2 aromatic rings. The summed E-state index contributed by atoms with van der Waals surface area (Å²) in [6, 6.07) is 18.9. The van der Waals surface area contributed by atoms with E-state index < -0.39 is 0 Å². The number of nitrogens with zero attached hydrogens (tertiary/aromatic N) is 1. The topological polar surface area (TPSA) is 41.6 Å². The van der Waals surface area contributed by atoms with E-state index in [1.807, 2.05) is 30.3 Å². The summed E-state index contributed by atoms with van der Waals surface area (Å²) in [5, 5.41) is 3.14. The van der Waals surface area contributed by atoms with E-state index in [0.29, 0.717) is 12.5 Å². The van der Waals surface area contributed by atoms with Crippen molar-refractivity contribution < 1.29 is 9.53 Å². The second-order valence-electron chi connectivity index (χ2n) is 7.33. The second-order valence-corrected chi connectivity index (χ2v) is 7.33. The van der Waals surface area contributed by atoms with Crippen LogP contribution in [-0.2, 0) is 17.8 Å². The summed E-state index contributed by atoms with van der Waals surface area (Å²) in [6.07, 6.45) is 1.23. The van der Waals surface area contributed by atoms with E-state index in [1.165, 1.54) is 5.56 Å². The van der Waals surface area contributed by atoms with Crippen molar-refractivity contribution >= 4 is 5.91 Å². The molecule has 1 amide bonds. The molecule has 0 spiro atoms. The predicted octanol–water partition coefficient (Wildman–Crippen LogP) is 4.04. The lowest BCUT2D eigenvalue weighted by molar-refractivity contribution is -0.121. The van der Waals surface area contributed by atoms with Gasteiger partial charge in [0.25, 0.3) is 0 Å². The second kappa shape index (κ2) is 10.7. The molecule has 1 unspecified atom stereocenters. The molecule has 0 saturated heterocycles. The average molecular weight is 369 g/mol. The van der Waals surface area contributed by atoms with Crippen LogP contribution < -0.4 is 10.1 Å². The van der Waals surface area contributed by atoms with E-state index in [9.17, 15) is 4.79 Å². The minimum Gasteiger partial charge on any atom is -0.497 e. The first kappa shape index (κ1) is 21.0. The fraction of sp³-hybridized carbons (Fsp3) is 0.435. The van der Waals surface area contributed by atoms with Gasteiger partial charge in [-0.1, -0.05) is 42.5 Å². The van der Waals surface area contributed by atoms with Gasteiger partial charge in [-0.15, -0.1) is 0 Å². The smallest absolute Gasteiger partial charge is 0.220 e. The Hall–Kier alpha value is -2.33. The number of ether oxygens (including phenoxy) is 1. The highest BCUT2D eigenvalue weighted by atomic mass is 16.5. The summed E-state index contributed by atoms with van der Waals surface area (Å²) in [5.41, 5.74) is 2.44.